The summed E-state index contributed by atoms with van der Waals surface area (Å²) in [4.78, 5) is 16.5. The molecule has 0 atom stereocenters. The number of anilines is 1. The van der Waals surface area contributed by atoms with Crippen LogP contribution in [-0.4, -0.2) is 32.9 Å². The highest BCUT2D eigenvalue weighted by molar-refractivity contribution is 5.89. The Morgan fingerprint density at radius 1 is 1.27 bits per heavy atom. The third kappa shape index (κ3) is 4.08. The van der Waals surface area contributed by atoms with Crippen LogP contribution in [0.15, 0.2) is 41.1 Å². The lowest BCUT2D eigenvalue weighted by Gasteiger charge is -2.11. The zero-order chi connectivity index (χ0) is 18.5. The van der Waals surface area contributed by atoms with Crippen LogP contribution in [0.25, 0.3) is 11.4 Å². The number of aryl methyl sites for hydroxylation is 1. The van der Waals surface area contributed by atoms with E-state index < -0.39 is 0 Å². The van der Waals surface area contributed by atoms with Crippen LogP contribution in [-0.2, 0) is 11.2 Å². The van der Waals surface area contributed by atoms with Crippen molar-refractivity contribution in [3.05, 3.63) is 42.4 Å². The van der Waals surface area contributed by atoms with E-state index in [-0.39, 0.29) is 18.4 Å². The fourth-order valence-corrected chi connectivity index (χ4v) is 2.46. The van der Waals surface area contributed by atoms with Gasteiger partial charge in [0.05, 0.1) is 13.3 Å². The molecule has 1 N–H and O–H groups in total. The molecule has 136 valence electrons. The van der Waals surface area contributed by atoms with E-state index in [9.17, 15) is 4.79 Å². The van der Waals surface area contributed by atoms with Gasteiger partial charge in [-0.25, -0.2) is 4.68 Å². The van der Waals surface area contributed by atoms with Crippen molar-refractivity contribution < 1.29 is 14.1 Å². The minimum absolute atomic E-state index is 0.128. The normalized spacial score (nSPS) is 10.9. The smallest absolute Gasteiger partial charge is 0.227 e. The highest BCUT2D eigenvalue weighted by Crippen LogP contribution is 2.20. The van der Waals surface area contributed by atoms with Crippen molar-refractivity contribution in [1.29, 1.82) is 0 Å². The monoisotopic (exact) mass is 355 g/mol. The van der Waals surface area contributed by atoms with Gasteiger partial charge in [0.2, 0.25) is 17.6 Å². The van der Waals surface area contributed by atoms with Crippen molar-refractivity contribution in [3.8, 4) is 17.1 Å². The molecule has 0 fully saturated rings. The van der Waals surface area contributed by atoms with Crippen molar-refractivity contribution in [3.63, 3.8) is 0 Å². The Hall–Kier alpha value is -3.16. The number of methoxy groups -OCH3 is 1. The molecule has 1 amide bonds. The van der Waals surface area contributed by atoms with Gasteiger partial charge in [0, 0.05) is 30.5 Å². The predicted octanol–water partition coefficient (Wildman–Crippen LogP) is 3.09. The molecule has 0 aliphatic rings. The van der Waals surface area contributed by atoms with E-state index in [1.807, 2.05) is 38.1 Å². The van der Waals surface area contributed by atoms with E-state index >= 15 is 0 Å². The van der Waals surface area contributed by atoms with Crippen molar-refractivity contribution >= 4 is 11.7 Å². The molecule has 3 aromatic rings. The molecule has 0 unspecified atom stereocenters. The summed E-state index contributed by atoms with van der Waals surface area (Å²) in [6, 6.07) is 9.31. The zero-order valence-electron chi connectivity index (χ0n) is 15.0. The molecule has 0 spiro atoms. The van der Waals surface area contributed by atoms with E-state index in [1.54, 1.807) is 24.1 Å². The molecule has 2 heterocycles. The summed E-state index contributed by atoms with van der Waals surface area (Å²) in [5.41, 5.74) is 0.825. The van der Waals surface area contributed by atoms with E-state index in [0.717, 1.165) is 11.3 Å². The largest absolute Gasteiger partial charge is 0.497 e. The summed E-state index contributed by atoms with van der Waals surface area (Å²) in [5, 5.41) is 11.0. The fraction of sp³-hybridized carbons (Fsp3) is 0.333. The number of carbonyl (C=O) groups is 1. The van der Waals surface area contributed by atoms with Crippen LogP contribution in [0.5, 0.6) is 5.75 Å². The molecule has 26 heavy (non-hydrogen) atoms. The molecule has 0 bridgehead atoms. The molecule has 0 saturated carbocycles. The van der Waals surface area contributed by atoms with Gasteiger partial charge >= 0.3 is 0 Å². The lowest BCUT2D eigenvalue weighted by atomic mass is 10.2. The molecular weight excluding hydrogens is 334 g/mol. The van der Waals surface area contributed by atoms with E-state index in [2.05, 4.69) is 20.6 Å². The maximum atomic E-state index is 12.1. The van der Waals surface area contributed by atoms with Crippen LogP contribution < -0.4 is 10.1 Å². The van der Waals surface area contributed by atoms with E-state index in [4.69, 9.17) is 9.26 Å². The molecule has 2 aromatic heterocycles. The molecule has 0 radical (unpaired) electrons. The third-order valence-electron chi connectivity index (χ3n) is 3.81. The van der Waals surface area contributed by atoms with Crippen LogP contribution >= 0.6 is 0 Å². The van der Waals surface area contributed by atoms with Gasteiger partial charge in [-0.15, -0.1) is 0 Å². The maximum Gasteiger partial charge on any atom is 0.227 e. The van der Waals surface area contributed by atoms with Gasteiger partial charge in [0.15, 0.2) is 0 Å². The lowest BCUT2D eigenvalue weighted by molar-refractivity contribution is -0.116. The summed E-state index contributed by atoms with van der Waals surface area (Å²) in [5.74, 6) is 2.21. The van der Waals surface area contributed by atoms with Gasteiger partial charge in [-0.2, -0.15) is 10.1 Å². The second-order valence-corrected chi connectivity index (χ2v) is 6.04. The van der Waals surface area contributed by atoms with Crippen LogP contribution in [0.4, 0.5) is 5.82 Å². The third-order valence-corrected chi connectivity index (χ3v) is 3.81. The van der Waals surface area contributed by atoms with Gasteiger partial charge in [-0.3, -0.25) is 4.79 Å². The summed E-state index contributed by atoms with van der Waals surface area (Å²) < 4.78 is 12.1. The molecular formula is C18H21N5O3. The lowest BCUT2D eigenvalue weighted by Crippen LogP contribution is -2.17. The van der Waals surface area contributed by atoms with Gasteiger partial charge in [-0.1, -0.05) is 5.16 Å². The summed E-state index contributed by atoms with van der Waals surface area (Å²) in [6.45, 7) is 4.00. The van der Waals surface area contributed by atoms with Crippen LogP contribution in [0.1, 0.15) is 32.2 Å². The van der Waals surface area contributed by atoms with Crippen molar-refractivity contribution in [2.75, 3.05) is 12.4 Å². The van der Waals surface area contributed by atoms with Crippen LogP contribution in [0.2, 0.25) is 0 Å². The molecule has 3 rings (SSSR count). The number of benzene rings is 1. The number of rotatable bonds is 7. The number of aromatic nitrogens is 4. The molecule has 8 nitrogen and oxygen atoms in total. The molecule has 0 saturated heterocycles. The Kier molecular flexibility index (Phi) is 5.31. The predicted molar refractivity (Wildman–Crippen MR) is 95.8 cm³/mol. The zero-order valence-corrected chi connectivity index (χ0v) is 15.0. The topological polar surface area (TPSA) is 95.1 Å². The molecule has 1 aromatic carbocycles. The minimum atomic E-state index is -0.128. The maximum absolute atomic E-state index is 12.1. The Labute approximate surface area is 151 Å². The second kappa shape index (κ2) is 7.81. The second-order valence-electron chi connectivity index (χ2n) is 6.04. The number of hydrogen-bond acceptors (Lipinski definition) is 6. The molecule has 0 aliphatic heterocycles. The van der Waals surface area contributed by atoms with Gasteiger partial charge in [0.1, 0.15) is 11.6 Å². The average Bonchev–Trinajstić information content (AvgIpc) is 3.29. The first-order valence-electron chi connectivity index (χ1n) is 8.37. The van der Waals surface area contributed by atoms with Crippen LogP contribution in [0.3, 0.4) is 0 Å². The van der Waals surface area contributed by atoms with Crippen molar-refractivity contribution in [1.82, 2.24) is 19.9 Å². The minimum Gasteiger partial charge on any atom is -0.497 e. The Balaban J connectivity index is 1.57. The molecule has 0 aliphatic carbocycles. The summed E-state index contributed by atoms with van der Waals surface area (Å²) in [6.07, 6.45) is 2.27. The molecule has 8 heteroatoms. The SMILES string of the molecule is COc1ccc(-c2noc(CCC(=O)Nc3ccnn3C(C)C)n2)cc1. The quantitative estimate of drug-likeness (QED) is 0.700. The number of nitrogens with one attached hydrogen (secondary N) is 1. The van der Waals surface area contributed by atoms with E-state index in [0.29, 0.717) is 24.0 Å². The standard InChI is InChI=1S/C18H21N5O3/c1-12(2)23-15(10-11-19-23)20-16(24)8-9-17-21-18(22-26-17)13-4-6-14(25-3)7-5-13/h4-7,10-12H,8-9H2,1-3H3,(H,20,24). The average molecular weight is 355 g/mol. The Morgan fingerprint density at radius 3 is 2.73 bits per heavy atom. The summed E-state index contributed by atoms with van der Waals surface area (Å²) in [7, 11) is 1.61. The number of ether oxygens (including phenoxy) is 1. The number of carbonyl (C=O) groups excluding carboxylic acids is 1. The first-order valence-corrected chi connectivity index (χ1v) is 8.37. The van der Waals surface area contributed by atoms with Crippen molar-refractivity contribution in [2.24, 2.45) is 0 Å². The first-order chi connectivity index (χ1) is 12.6. The number of hydrogen-bond donors (Lipinski definition) is 1. The van der Waals surface area contributed by atoms with Gasteiger partial charge in [-0.05, 0) is 38.1 Å². The summed E-state index contributed by atoms with van der Waals surface area (Å²) >= 11 is 0. The number of nitrogens with zero attached hydrogens (tertiary/aromatic N) is 4. The van der Waals surface area contributed by atoms with Gasteiger partial charge in [0.25, 0.3) is 0 Å². The van der Waals surface area contributed by atoms with Crippen molar-refractivity contribution in [2.45, 2.75) is 32.7 Å². The fourth-order valence-electron chi connectivity index (χ4n) is 2.46. The Morgan fingerprint density at radius 2 is 2.04 bits per heavy atom. The highest BCUT2D eigenvalue weighted by Gasteiger charge is 2.13. The number of amides is 1. The first kappa shape index (κ1) is 17.7. The van der Waals surface area contributed by atoms with Crippen LogP contribution in [0, 0.1) is 0 Å². The van der Waals surface area contributed by atoms with E-state index in [1.165, 1.54) is 0 Å². The highest BCUT2D eigenvalue weighted by atomic mass is 16.5. The Bertz CT molecular complexity index is 867. The van der Waals surface area contributed by atoms with Gasteiger partial charge < -0.3 is 14.6 Å².